The van der Waals surface area contributed by atoms with E-state index in [1.807, 2.05) is 13.8 Å². The summed E-state index contributed by atoms with van der Waals surface area (Å²) in [5.41, 5.74) is -0.337. The Labute approximate surface area is 178 Å². The number of unbranched alkanes of at least 4 members (excludes halogenated alkanes) is 7. The normalized spacial score (nSPS) is 11.9. The minimum atomic E-state index is -0.337. The van der Waals surface area contributed by atoms with E-state index in [-0.39, 0.29) is 11.4 Å². The van der Waals surface area contributed by atoms with Crippen molar-refractivity contribution in [2.45, 2.75) is 124 Å². The Morgan fingerprint density at radius 2 is 1.37 bits per heavy atom. The summed E-state index contributed by atoms with van der Waals surface area (Å²) in [6, 6.07) is 0. The van der Waals surface area contributed by atoms with Crippen molar-refractivity contribution in [3.05, 3.63) is 0 Å². The van der Waals surface area contributed by atoms with Gasteiger partial charge in [-0.25, -0.2) is 0 Å². The van der Waals surface area contributed by atoms with Crippen molar-refractivity contribution in [2.75, 3.05) is 11.9 Å². The van der Waals surface area contributed by atoms with Gasteiger partial charge in [-0.2, -0.15) is 0 Å². The Balaban J connectivity index is 4.03. The van der Waals surface area contributed by atoms with E-state index < -0.39 is 0 Å². The van der Waals surface area contributed by atoms with Gasteiger partial charge in [-0.05, 0) is 45.4 Å². The second-order valence-corrected chi connectivity index (χ2v) is 9.67. The van der Waals surface area contributed by atoms with Crippen LogP contribution in [0.5, 0.6) is 0 Å². The molecule has 2 nitrogen and oxygen atoms in total. The van der Waals surface area contributed by atoms with Gasteiger partial charge in [0.05, 0.1) is 12.0 Å². The molecule has 0 atom stereocenters. The number of esters is 1. The zero-order chi connectivity index (χ0) is 20.4. The van der Waals surface area contributed by atoms with Gasteiger partial charge in [0.1, 0.15) is 0 Å². The van der Waals surface area contributed by atoms with Crippen LogP contribution in [0, 0.1) is 11.3 Å². The molecule has 0 unspecified atom stereocenters. The summed E-state index contributed by atoms with van der Waals surface area (Å²) in [7, 11) is 0. The van der Waals surface area contributed by atoms with Crippen LogP contribution < -0.4 is 0 Å². The third kappa shape index (κ3) is 15.5. The van der Waals surface area contributed by atoms with Crippen LogP contribution in [0.15, 0.2) is 0 Å². The SMILES string of the molecule is CCCCCC(CCCCC)CCCOC(=O)C(C)(C)CCCCCCBr. The van der Waals surface area contributed by atoms with Crippen LogP contribution in [0.25, 0.3) is 0 Å². The lowest BCUT2D eigenvalue weighted by Gasteiger charge is -2.23. The first-order valence-corrected chi connectivity index (χ1v) is 12.8. The molecule has 0 aliphatic carbocycles. The molecule has 27 heavy (non-hydrogen) atoms. The first kappa shape index (κ1) is 27.0. The fourth-order valence-electron chi connectivity index (χ4n) is 3.65. The summed E-state index contributed by atoms with van der Waals surface area (Å²) in [6.45, 7) is 9.23. The van der Waals surface area contributed by atoms with Crippen molar-refractivity contribution in [1.82, 2.24) is 0 Å². The van der Waals surface area contributed by atoms with Gasteiger partial charge in [-0.1, -0.05) is 100 Å². The Bertz CT molecular complexity index is 331. The minimum Gasteiger partial charge on any atom is -0.465 e. The molecule has 0 aromatic carbocycles. The maximum Gasteiger partial charge on any atom is 0.311 e. The fraction of sp³-hybridized carbons (Fsp3) is 0.958. The van der Waals surface area contributed by atoms with E-state index in [0.717, 1.165) is 30.5 Å². The van der Waals surface area contributed by atoms with Gasteiger partial charge in [0.15, 0.2) is 0 Å². The number of alkyl halides is 1. The Morgan fingerprint density at radius 3 is 1.93 bits per heavy atom. The molecule has 0 aliphatic rings. The smallest absolute Gasteiger partial charge is 0.311 e. The van der Waals surface area contributed by atoms with Crippen molar-refractivity contribution in [3.8, 4) is 0 Å². The summed E-state index contributed by atoms with van der Waals surface area (Å²) in [6.07, 6.45) is 18.7. The maximum atomic E-state index is 12.4. The molecule has 162 valence electrons. The monoisotopic (exact) mass is 446 g/mol. The molecule has 0 aromatic rings. The molecule has 0 bridgehead atoms. The number of rotatable bonds is 19. The molecule has 0 aliphatic heterocycles. The van der Waals surface area contributed by atoms with Crippen LogP contribution in [0.2, 0.25) is 0 Å². The predicted molar refractivity (Wildman–Crippen MR) is 123 cm³/mol. The van der Waals surface area contributed by atoms with Crippen molar-refractivity contribution >= 4 is 21.9 Å². The van der Waals surface area contributed by atoms with Gasteiger partial charge in [0.2, 0.25) is 0 Å². The van der Waals surface area contributed by atoms with Crippen molar-refractivity contribution in [3.63, 3.8) is 0 Å². The molecule has 0 N–H and O–H groups in total. The van der Waals surface area contributed by atoms with Crippen molar-refractivity contribution in [1.29, 1.82) is 0 Å². The molecule has 0 radical (unpaired) electrons. The van der Waals surface area contributed by atoms with E-state index in [0.29, 0.717) is 6.61 Å². The third-order valence-corrected chi connectivity index (χ3v) is 6.22. The lowest BCUT2D eigenvalue weighted by atomic mass is 9.87. The Hall–Kier alpha value is -0.0500. The van der Waals surface area contributed by atoms with Gasteiger partial charge >= 0.3 is 5.97 Å². The van der Waals surface area contributed by atoms with Gasteiger partial charge in [0, 0.05) is 5.33 Å². The highest BCUT2D eigenvalue weighted by atomic mass is 79.9. The lowest BCUT2D eigenvalue weighted by molar-refractivity contribution is -0.154. The standard InChI is InChI=1S/C24H47BrO2/c1-5-7-11-16-22(17-12-8-6-2)18-15-21-27-23(26)24(3,4)19-13-9-10-14-20-25/h22H,5-21H2,1-4H3. The number of ether oxygens (including phenoxy) is 1. The summed E-state index contributed by atoms with van der Waals surface area (Å²) >= 11 is 3.47. The first-order chi connectivity index (χ1) is 13.0. The van der Waals surface area contributed by atoms with E-state index in [2.05, 4.69) is 29.8 Å². The topological polar surface area (TPSA) is 26.3 Å². The van der Waals surface area contributed by atoms with E-state index in [9.17, 15) is 4.79 Å². The zero-order valence-corrected chi connectivity index (χ0v) is 20.4. The minimum absolute atomic E-state index is 0.00323. The molecule has 0 aromatic heterocycles. The lowest BCUT2D eigenvalue weighted by Crippen LogP contribution is -2.27. The molecular weight excluding hydrogens is 400 g/mol. The highest BCUT2D eigenvalue weighted by molar-refractivity contribution is 9.09. The first-order valence-electron chi connectivity index (χ1n) is 11.7. The van der Waals surface area contributed by atoms with E-state index >= 15 is 0 Å². The summed E-state index contributed by atoms with van der Waals surface area (Å²) in [5.74, 6) is 0.820. The molecule has 0 spiro atoms. The molecule has 0 fully saturated rings. The van der Waals surface area contributed by atoms with Crippen LogP contribution in [0.4, 0.5) is 0 Å². The molecule has 0 saturated heterocycles. The molecular formula is C24H47BrO2. The fourth-order valence-corrected chi connectivity index (χ4v) is 4.04. The van der Waals surface area contributed by atoms with Crippen molar-refractivity contribution in [2.24, 2.45) is 11.3 Å². The maximum absolute atomic E-state index is 12.4. The summed E-state index contributed by atoms with van der Waals surface area (Å²) < 4.78 is 5.64. The number of carbonyl (C=O) groups excluding carboxylic acids is 1. The molecule has 3 heteroatoms. The highest BCUT2D eigenvalue weighted by Crippen LogP contribution is 2.27. The molecule has 0 heterocycles. The van der Waals surface area contributed by atoms with Crippen molar-refractivity contribution < 1.29 is 9.53 Å². The average Bonchev–Trinajstić information content (AvgIpc) is 2.64. The van der Waals surface area contributed by atoms with Gasteiger partial charge in [-0.15, -0.1) is 0 Å². The zero-order valence-electron chi connectivity index (χ0n) is 18.8. The number of hydrogen-bond donors (Lipinski definition) is 0. The highest BCUT2D eigenvalue weighted by Gasteiger charge is 2.28. The second-order valence-electron chi connectivity index (χ2n) is 8.87. The van der Waals surface area contributed by atoms with E-state index in [1.165, 1.54) is 77.0 Å². The van der Waals surface area contributed by atoms with E-state index in [1.54, 1.807) is 0 Å². The van der Waals surface area contributed by atoms with Gasteiger partial charge in [0.25, 0.3) is 0 Å². The number of halogens is 1. The molecule has 0 saturated carbocycles. The Kier molecular flexibility index (Phi) is 18.0. The van der Waals surface area contributed by atoms with Crippen LogP contribution in [-0.4, -0.2) is 17.9 Å². The quantitative estimate of drug-likeness (QED) is 0.113. The predicted octanol–water partition coefficient (Wildman–Crippen LogP) is 8.46. The third-order valence-electron chi connectivity index (χ3n) is 5.66. The largest absolute Gasteiger partial charge is 0.465 e. The van der Waals surface area contributed by atoms with Crippen LogP contribution in [0.3, 0.4) is 0 Å². The van der Waals surface area contributed by atoms with Crippen LogP contribution >= 0.6 is 15.9 Å². The molecule has 0 rings (SSSR count). The second kappa shape index (κ2) is 18.0. The summed E-state index contributed by atoms with van der Waals surface area (Å²) in [5, 5.41) is 1.08. The van der Waals surface area contributed by atoms with E-state index in [4.69, 9.17) is 4.74 Å². The summed E-state index contributed by atoms with van der Waals surface area (Å²) in [4.78, 5) is 12.4. The van der Waals surface area contributed by atoms with Gasteiger partial charge < -0.3 is 4.74 Å². The number of hydrogen-bond acceptors (Lipinski definition) is 2. The van der Waals surface area contributed by atoms with Crippen LogP contribution in [-0.2, 0) is 9.53 Å². The van der Waals surface area contributed by atoms with Gasteiger partial charge in [-0.3, -0.25) is 4.79 Å². The molecule has 0 amide bonds. The Morgan fingerprint density at radius 1 is 0.815 bits per heavy atom. The van der Waals surface area contributed by atoms with Crippen LogP contribution in [0.1, 0.15) is 124 Å². The average molecular weight is 448 g/mol. The number of carbonyl (C=O) groups is 1.